The zero-order valence-electron chi connectivity index (χ0n) is 8.46. The van der Waals surface area contributed by atoms with Gasteiger partial charge in [0.2, 0.25) is 0 Å². The van der Waals surface area contributed by atoms with Crippen LogP contribution in [0.1, 0.15) is 23.4 Å². The number of alkyl halides is 2. The second-order valence-corrected chi connectivity index (χ2v) is 3.04. The van der Waals surface area contributed by atoms with Crippen LogP contribution in [0.4, 0.5) is 8.78 Å². The molecule has 0 amide bonds. The van der Waals surface area contributed by atoms with E-state index in [-0.39, 0.29) is 17.7 Å². The number of nitrogens with zero attached hydrogens (tertiary/aromatic N) is 1. The Balaban J connectivity index is 3.02. The average Bonchev–Trinajstić information content (AvgIpc) is 2.17. The molecule has 15 heavy (non-hydrogen) atoms. The summed E-state index contributed by atoms with van der Waals surface area (Å²) < 4.78 is 29.4. The molecule has 0 aliphatic carbocycles. The Bertz CT molecular complexity index is 366. The molecule has 82 valence electrons. The summed E-state index contributed by atoms with van der Waals surface area (Å²) in [7, 11) is 1.21. The zero-order valence-corrected chi connectivity index (χ0v) is 8.46. The first-order valence-electron chi connectivity index (χ1n) is 4.36. The van der Waals surface area contributed by atoms with Gasteiger partial charge in [-0.15, -0.1) is 0 Å². The van der Waals surface area contributed by atoms with Crippen LogP contribution in [-0.4, -0.2) is 18.1 Å². The van der Waals surface area contributed by atoms with E-state index in [1.54, 1.807) is 6.92 Å². The van der Waals surface area contributed by atoms with Gasteiger partial charge in [-0.3, -0.25) is 9.78 Å². The first-order valence-corrected chi connectivity index (χ1v) is 4.36. The molecule has 0 aliphatic heterocycles. The molecule has 3 nitrogen and oxygen atoms in total. The van der Waals surface area contributed by atoms with Crippen LogP contribution >= 0.6 is 0 Å². The van der Waals surface area contributed by atoms with Crippen LogP contribution in [0, 0.1) is 6.92 Å². The van der Waals surface area contributed by atoms with E-state index >= 15 is 0 Å². The third kappa shape index (κ3) is 2.97. The van der Waals surface area contributed by atoms with E-state index in [2.05, 4.69) is 9.72 Å². The van der Waals surface area contributed by atoms with Crippen LogP contribution in [0.3, 0.4) is 0 Å². The van der Waals surface area contributed by atoms with Gasteiger partial charge in [-0.25, -0.2) is 8.78 Å². The van der Waals surface area contributed by atoms with Crippen molar-refractivity contribution in [2.45, 2.75) is 19.8 Å². The highest BCUT2D eigenvalue weighted by atomic mass is 19.3. The summed E-state index contributed by atoms with van der Waals surface area (Å²) >= 11 is 0. The van der Waals surface area contributed by atoms with Crippen molar-refractivity contribution in [2.75, 3.05) is 7.11 Å². The number of hydrogen-bond donors (Lipinski definition) is 0. The van der Waals surface area contributed by atoms with Gasteiger partial charge < -0.3 is 4.74 Å². The van der Waals surface area contributed by atoms with Gasteiger partial charge in [0.05, 0.1) is 19.2 Å². The van der Waals surface area contributed by atoms with Gasteiger partial charge in [0.15, 0.2) is 0 Å². The Labute approximate surface area is 86.1 Å². The fraction of sp³-hybridized carbons (Fsp3) is 0.400. The predicted molar refractivity (Wildman–Crippen MR) is 49.7 cm³/mol. The molecule has 0 N–H and O–H groups in total. The van der Waals surface area contributed by atoms with Gasteiger partial charge in [-0.1, -0.05) is 0 Å². The Kier molecular flexibility index (Phi) is 3.71. The van der Waals surface area contributed by atoms with E-state index in [1.807, 2.05) is 0 Å². The third-order valence-corrected chi connectivity index (χ3v) is 1.92. The van der Waals surface area contributed by atoms with Crippen molar-refractivity contribution in [1.82, 2.24) is 4.98 Å². The minimum absolute atomic E-state index is 0.0804. The fourth-order valence-electron chi connectivity index (χ4n) is 1.17. The Morgan fingerprint density at radius 2 is 2.20 bits per heavy atom. The molecule has 0 bridgehead atoms. The molecule has 0 aromatic carbocycles. The Morgan fingerprint density at radius 3 is 2.73 bits per heavy atom. The number of carbonyl (C=O) groups is 1. The van der Waals surface area contributed by atoms with Crippen LogP contribution in [0.15, 0.2) is 12.1 Å². The average molecular weight is 215 g/mol. The molecule has 0 radical (unpaired) electrons. The third-order valence-electron chi connectivity index (χ3n) is 1.92. The largest absolute Gasteiger partial charge is 0.469 e. The number of rotatable bonds is 3. The summed E-state index contributed by atoms with van der Waals surface area (Å²) in [6, 6.07) is 2.77. The van der Waals surface area contributed by atoms with Gasteiger partial charge in [0, 0.05) is 11.3 Å². The van der Waals surface area contributed by atoms with Crippen molar-refractivity contribution < 1.29 is 18.3 Å². The summed E-state index contributed by atoms with van der Waals surface area (Å²) in [6.07, 6.45) is -2.85. The lowest BCUT2D eigenvalue weighted by atomic mass is 10.1. The summed E-state index contributed by atoms with van der Waals surface area (Å²) in [6.45, 7) is 1.68. The quantitative estimate of drug-likeness (QED) is 0.724. The maximum absolute atomic E-state index is 12.5. The highest BCUT2D eigenvalue weighted by Gasteiger charge is 2.16. The Morgan fingerprint density at radius 1 is 1.53 bits per heavy atom. The van der Waals surface area contributed by atoms with E-state index in [9.17, 15) is 13.6 Å². The molecular formula is C10H11F2NO2. The lowest BCUT2D eigenvalue weighted by Gasteiger charge is -2.07. The van der Waals surface area contributed by atoms with Gasteiger partial charge in [0.25, 0.3) is 6.43 Å². The van der Waals surface area contributed by atoms with Gasteiger partial charge in [-0.2, -0.15) is 0 Å². The number of ether oxygens (including phenoxy) is 1. The molecule has 0 atom stereocenters. The maximum atomic E-state index is 12.5. The maximum Gasteiger partial charge on any atom is 0.311 e. The van der Waals surface area contributed by atoms with Crippen LogP contribution in [0.25, 0.3) is 0 Å². The van der Waals surface area contributed by atoms with Crippen molar-refractivity contribution in [3.8, 4) is 0 Å². The minimum Gasteiger partial charge on any atom is -0.469 e. The topological polar surface area (TPSA) is 39.2 Å². The normalized spacial score (nSPS) is 10.5. The Hall–Kier alpha value is -1.52. The molecular weight excluding hydrogens is 204 g/mol. The predicted octanol–water partition coefficient (Wildman–Crippen LogP) is 2.04. The van der Waals surface area contributed by atoms with Crippen molar-refractivity contribution in [3.63, 3.8) is 0 Å². The van der Waals surface area contributed by atoms with E-state index in [4.69, 9.17) is 0 Å². The van der Waals surface area contributed by atoms with Crippen molar-refractivity contribution in [1.29, 1.82) is 0 Å². The molecule has 0 aliphatic rings. The molecule has 1 aromatic heterocycles. The highest BCUT2D eigenvalue weighted by molar-refractivity contribution is 5.72. The standard InChI is InChI=1S/C10H11F2NO2/c1-6-3-4-7(10(11)12)8(13-6)5-9(14)15-2/h3-4,10H,5H2,1-2H3. The summed E-state index contributed by atoms with van der Waals surface area (Å²) in [4.78, 5) is 14.9. The number of carbonyl (C=O) groups excluding carboxylic acids is 1. The number of methoxy groups -OCH3 is 1. The molecule has 1 rings (SSSR count). The number of halogens is 2. The lowest BCUT2D eigenvalue weighted by molar-refractivity contribution is -0.139. The van der Waals surface area contributed by atoms with Crippen molar-refractivity contribution in [3.05, 3.63) is 29.1 Å². The van der Waals surface area contributed by atoms with Gasteiger partial charge in [-0.05, 0) is 19.1 Å². The molecule has 0 fully saturated rings. The molecule has 0 unspecified atom stereocenters. The van der Waals surface area contributed by atoms with Crippen LogP contribution in [-0.2, 0) is 16.0 Å². The molecule has 1 heterocycles. The van der Waals surface area contributed by atoms with Crippen LogP contribution in [0.5, 0.6) is 0 Å². The van der Waals surface area contributed by atoms with Gasteiger partial charge >= 0.3 is 5.97 Å². The number of aromatic nitrogens is 1. The number of pyridine rings is 1. The monoisotopic (exact) mass is 215 g/mol. The second kappa shape index (κ2) is 4.82. The van der Waals surface area contributed by atoms with E-state index in [1.165, 1.54) is 19.2 Å². The zero-order chi connectivity index (χ0) is 11.4. The molecule has 0 spiro atoms. The lowest BCUT2D eigenvalue weighted by Crippen LogP contribution is -2.09. The second-order valence-electron chi connectivity index (χ2n) is 3.04. The molecule has 1 aromatic rings. The van der Waals surface area contributed by atoms with Crippen molar-refractivity contribution in [2.24, 2.45) is 0 Å². The first-order chi connectivity index (χ1) is 7.04. The highest BCUT2D eigenvalue weighted by Crippen LogP contribution is 2.22. The van der Waals surface area contributed by atoms with Crippen LogP contribution < -0.4 is 0 Å². The van der Waals surface area contributed by atoms with Crippen LogP contribution in [0.2, 0.25) is 0 Å². The molecule has 5 heteroatoms. The number of aryl methyl sites for hydroxylation is 1. The number of esters is 1. The van der Waals surface area contributed by atoms with E-state index < -0.39 is 12.4 Å². The molecule has 0 saturated heterocycles. The SMILES string of the molecule is COC(=O)Cc1nc(C)ccc1C(F)F. The number of hydrogen-bond acceptors (Lipinski definition) is 3. The summed E-state index contributed by atoms with van der Waals surface area (Å²) in [5.41, 5.74) is 0.459. The minimum atomic E-state index is -2.63. The smallest absolute Gasteiger partial charge is 0.311 e. The summed E-state index contributed by atoms with van der Waals surface area (Å²) in [5.74, 6) is -0.574. The van der Waals surface area contributed by atoms with E-state index in [0.717, 1.165) is 0 Å². The van der Waals surface area contributed by atoms with Crippen molar-refractivity contribution >= 4 is 5.97 Å². The summed E-state index contributed by atoms with van der Waals surface area (Å²) in [5, 5.41) is 0. The van der Waals surface area contributed by atoms with E-state index in [0.29, 0.717) is 5.69 Å². The van der Waals surface area contributed by atoms with Gasteiger partial charge in [0.1, 0.15) is 0 Å². The first kappa shape index (κ1) is 11.6. The molecule has 0 saturated carbocycles. The fourth-order valence-corrected chi connectivity index (χ4v) is 1.17.